The molecule has 7 nitrogen and oxygen atoms in total. The molecule has 0 radical (unpaired) electrons. The van der Waals surface area contributed by atoms with Gasteiger partial charge in [0.1, 0.15) is 22.7 Å². The Hall–Kier alpha value is -3.66. The first-order chi connectivity index (χ1) is 18.2. The Morgan fingerprint density at radius 1 is 1.05 bits per heavy atom. The summed E-state index contributed by atoms with van der Waals surface area (Å²) in [6, 6.07) is 11.8. The van der Waals surface area contributed by atoms with Crippen molar-refractivity contribution in [1.82, 2.24) is 20.0 Å². The minimum absolute atomic E-state index is 0.0855. The van der Waals surface area contributed by atoms with Gasteiger partial charge in [-0.15, -0.1) is 0 Å². The number of rotatable bonds is 5. The van der Waals surface area contributed by atoms with Crippen LogP contribution in [-0.4, -0.2) is 52.1 Å². The average Bonchev–Trinajstić information content (AvgIpc) is 3.17. The second kappa shape index (κ2) is 10.6. The fourth-order valence-corrected chi connectivity index (χ4v) is 4.72. The molecule has 198 valence electrons. The van der Waals surface area contributed by atoms with Crippen LogP contribution in [0.5, 0.6) is 0 Å². The molecule has 4 aromatic rings. The van der Waals surface area contributed by atoms with Gasteiger partial charge >= 0.3 is 6.18 Å². The molecule has 38 heavy (non-hydrogen) atoms. The van der Waals surface area contributed by atoms with Crippen LogP contribution in [0.15, 0.2) is 53.1 Å². The van der Waals surface area contributed by atoms with Crippen LogP contribution in [0.4, 0.5) is 19.0 Å². The van der Waals surface area contributed by atoms with Crippen LogP contribution in [0.2, 0.25) is 5.02 Å². The number of anilines is 1. The molecule has 0 bridgehead atoms. The van der Waals surface area contributed by atoms with Crippen molar-refractivity contribution >= 4 is 34.4 Å². The highest BCUT2D eigenvalue weighted by Crippen LogP contribution is 2.37. The van der Waals surface area contributed by atoms with Crippen molar-refractivity contribution in [1.29, 1.82) is 0 Å². The number of carbonyl (C=O) groups is 1. The molecule has 2 aromatic carbocycles. The van der Waals surface area contributed by atoms with Crippen LogP contribution in [-0.2, 0) is 12.6 Å². The van der Waals surface area contributed by atoms with Crippen LogP contribution >= 0.6 is 11.6 Å². The van der Waals surface area contributed by atoms with Crippen LogP contribution in [0.3, 0.4) is 0 Å². The van der Waals surface area contributed by atoms with Gasteiger partial charge in [-0.1, -0.05) is 35.8 Å². The van der Waals surface area contributed by atoms with E-state index in [1.807, 2.05) is 11.8 Å². The predicted octanol–water partition coefficient (Wildman–Crippen LogP) is 6.26. The molecule has 0 spiro atoms. The van der Waals surface area contributed by atoms with Gasteiger partial charge < -0.3 is 14.3 Å². The van der Waals surface area contributed by atoms with E-state index in [4.69, 9.17) is 21.1 Å². The maximum Gasteiger partial charge on any atom is 0.416 e. The van der Waals surface area contributed by atoms with Crippen LogP contribution in [0.25, 0.3) is 22.4 Å². The molecular weight excluding hydrogens is 519 g/mol. The Balaban J connectivity index is 1.50. The lowest BCUT2D eigenvalue weighted by molar-refractivity contribution is -0.137. The Labute approximate surface area is 222 Å². The Morgan fingerprint density at radius 2 is 1.84 bits per heavy atom. The lowest BCUT2D eigenvalue weighted by Crippen LogP contribution is -2.35. The second-order valence-electron chi connectivity index (χ2n) is 9.14. The number of carbonyl (C=O) groups excluding carboxylic acids is 1. The Bertz CT molecular complexity index is 1460. The first-order valence-electron chi connectivity index (χ1n) is 12.4. The zero-order valence-electron chi connectivity index (χ0n) is 20.6. The topological polar surface area (TPSA) is 75.4 Å². The number of amides is 1. The minimum Gasteiger partial charge on any atom is -0.354 e. The molecule has 2 aromatic heterocycles. The zero-order chi connectivity index (χ0) is 26.9. The van der Waals surface area contributed by atoms with Crippen LogP contribution < -0.4 is 4.90 Å². The summed E-state index contributed by atoms with van der Waals surface area (Å²) in [6.07, 6.45) is -2.40. The van der Waals surface area contributed by atoms with E-state index >= 15 is 0 Å². The quantitative estimate of drug-likeness (QED) is 0.296. The van der Waals surface area contributed by atoms with Gasteiger partial charge in [-0.2, -0.15) is 18.2 Å². The van der Waals surface area contributed by atoms with Gasteiger partial charge in [0.2, 0.25) is 0 Å². The fourth-order valence-electron chi connectivity index (χ4n) is 4.59. The molecule has 3 heterocycles. The molecule has 0 saturated carbocycles. The van der Waals surface area contributed by atoms with Crippen LogP contribution in [0, 0.1) is 0 Å². The van der Waals surface area contributed by atoms with Gasteiger partial charge in [0.05, 0.1) is 5.56 Å². The zero-order valence-corrected chi connectivity index (χ0v) is 21.4. The summed E-state index contributed by atoms with van der Waals surface area (Å²) in [5.41, 5.74) is 0.526. The molecule has 5 rings (SSSR count). The van der Waals surface area contributed by atoms with Crippen molar-refractivity contribution in [3.63, 3.8) is 0 Å². The van der Waals surface area contributed by atoms with Gasteiger partial charge in [0, 0.05) is 48.7 Å². The maximum absolute atomic E-state index is 13.4. The third kappa shape index (κ3) is 5.31. The number of benzene rings is 2. The first-order valence-corrected chi connectivity index (χ1v) is 12.8. The molecule has 0 atom stereocenters. The smallest absolute Gasteiger partial charge is 0.354 e. The molecule has 1 aliphatic heterocycles. The van der Waals surface area contributed by atoms with E-state index in [1.165, 1.54) is 6.07 Å². The molecule has 1 fully saturated rings. The summed E-state index contributed by atoms with van der Waals surface area (Å²) in [5.74, 6) is 1.03. The van der Waals surface area contributed by atoms with Crippen molar-refractivity contribution in [2.75, 3.05) is 31.1 Å². The van der Waals surface area contributed by atoms with E-state index in [2.05, 4.69) is 10.1 Å². The molecule has 1 saturated heterocycles. The number of fused-ring (bicyclic) bond motifs is 1. The SMILES string of the molecule is CCCc1nc(N2CCCN(C(=O)c3ccc(Cl)cc3)CC2)c2c(-c3cccc(C(F)(F)F)c3)noc2n1. The summed E-state index contributed by atoms with van der Waals surface area (Å²) in [6.45, 7) is 4.08. The highest BCUT2D eigenvalue weighted by Gasteiger charge is 2.32. The van der Waals surface area contributed by atoms with Crippen molar-refractivity contribution in [3.8, 4) is 11.3 Å². The van der Waals surface area contributed by atoms with Crippen LogP contribution in [0.1, 0.15) is 41.5 Å². The van der Waals surface area contributed by atoms with Gasteiger partial charge in [0.15, 0.2) is 0 Å². The fraction of sp³-hybridized carbons (Fsp3) is 0.333. The number of hydrogen-bond acceptors (Lipinski definition) is 6. The molecule has 1 aliphatic rings. The lowest BCUT2D eigenvalue weighted by atomic mass is 10.1. The Kier molecular flexibility index (Phi) is 7.25. The van der Waals surface area contributed by atoms with Gasteiger partial charge in [-0.05, 0) is 49.2 Å². The first kappa shape index (κ1) is 26.0. The highest BCUT2D eigenvalue weighted by atomic mass is 35.5. The van der Waals surface area contributed by atoms with E-state index in [0.717, 1.165) is 18.6 Å². The summed E-state index contributed by atoms with van der Waals surface area (Å²) < 4.78 is 45.7. The molecule has 0 unspecified atom stereocenters. The van der Waals surface area contributed by atoms with Crippen molar-refractivity contribution < 1.29 is 22.5 Å². The summed E-state index contributed by atoms with van der Waals surface area (Å²) in [4.78, 5) is 26.2. The summed E-state index contributed by atoms with van der Waals surface area (Å²) in [5, 5.41) is 5.13. The number of alkyl halides is 3. The third-order valence-corrected chi connectivity index (χ3v) is 6.73. The van der Waals surface area contributed by atoms with E-state index in [1.54, 1.807) is 35.2 Å². The molecule has 0 aliphatic carbocycles. The number of hydrogen-bond donors (Lipinski definition) is 0. The minimum atomic E-state index is -4.49. The average molecular weight is 544 g/mol. The molecule has 0 N–H and O–H groups in total. The third-order valence-electron chi connectivity index (χ3n) is 6.47. The number of aromatic nitrogens is 3. The Morgan fingerprint density at radius 3 is 2.58 bits per heavy atom. The van der Waals surface area contributed by atoms with Gasteiger partial charge in [-0.3, -0.25) is 4.79 Å². The van der Waals surface area contributed by atoms with Crippen molar-refractivity contribution in [3.05, 3.63) is 70.5 Å². The van der Waals surface area contributed by atoms with Crippen molar-refractivity contribution in [2.24, 2.45) is 0 Å². The standard InChI is InChI=1S/C27H25ClF3N5O2/c1-2-5-21-32-24(35-12-4-13-36(15-14-35)26(37)17-8-10-20(28)11-9-17)22-23(34-38-25(22)33-21)18-6-3-7-19(16-18)27(29,30)31/h3,6-11,16H,2,4-5,12-15H2,1H3. The number of nitrogens with zero attached hydrogens (tertiary/aromatic N) is 5. The second-order valence-corrected chi connectivity index (χ2v) is 9.58. The molecular formula is C27H25ClF3N5O2. The maximum atomic E-state index is 13.4. The normalized spacial score (nSPS) is 14.7. The highest BCUT2D eigenvalue weighted by molar-refractivity contribution is 6.30. The monoisotopic (exact) mass is 543 g/mol. The predicted molar refractivity (Wildman–Crippen MR) is 138 cm³/mol. The van der Waals surface area contributed by atoms with E-state index < -0.39 is 11.7 Å². The van der Waals surface area contributed by atoms with Gasteiger partial charge in [-0.25, -0.2) is 4.98 Å². The molecule has 1 amide bonds. The summed E-state index contributed by atoms with van der Waals surface area (Å²) in [7, 11) is 0. The van der Waals surface area contributed by atoms with E-state index in [0.29, 0.717) is 66.6 Å². The molecule has 11 heteroatoms. The van der Waals surface area contributed by atoms with Gasteiger partial charge in [0.25, 0.3) is 11.6 Å². The van der Waals surface area contributed by atoms with E-state index in [-0.39, 0.29) is 22.9 Å². The summed E-state index contributed by atoms with van der Waals surface area (Å²) >= 11 is 5.96. The number of halogens is 4. The lowest BCUT2D eigenvalue weighted by Gasteiger charge is -2.24. The largest absolute Gasteiger partial charge is 0.416 e. The van der Waals surface area contributed by atoms with E-state index in [9.17, 15) is 18.0 Å². The van der Waals surface area contributed by atoms with Crippen molar-refractivity contribution in [2.45, 2.75) is 32.4 Å². The number of aryl methyl sites for hydroxylation is 1.